The molecule has 0 heterocycles. The number of allylic oxidation sites excluding steroid dienone is 12. The Balaban J connectivity index is 2.50. The van der Waals surface area contributed by atoms with E-state index in [1.165, 1.54) is 0 Å². The van der Waals surface area contributed by atoms with E-state index >= 15 is 0 Å². The van der Waals surface area contributed by atoms with Gasteiger partial charge in [-0.25, -0.2) is 0 Å². The molecule has 2 aliphatic rings. The molecule has 0 N–H and O–H groups in total. The van der Waals surface area contributed by atoms with Crippen molar-refractivity contribution in [1.82, 2.24) is 0 Å². The molecule has 0 saturated heterocycles. The minimum Gasteiger partial charge on any atom is -0.289 e. The molecule has 86 valence electrons. The van der Waals surface area contributed by atoms with E-state index < -0.39 is 0 Å². The molecule has 2 aliphatic carbocycles. The molecule has 0 spiro atoms. The second-order valence-corrected chi connectivity index (χ2v) is 4.28. The molecule has 0 aromatic heterocycles. The van der Waals surface area contributed by atoms with Crippen LogP contribution >= 0.6 is 0 Å². The van der Waals surface area contributed by atoms with Crippen molar-refractivity contribution in [2.45, 2.75) is 13.8 Å². The molecular weight excluding hydrogens is 208 g/mol. The second-order valence-electron chi connectivity index (χ2n) is 4.28. The average Bonchev–Trinajstić information content (AvgIpc) is 2.51. The van der Waals surface area contributed by atoms with Gasteiger partial charge in [0.05, 0.1) is 0 Å². The van der Waals surface area contributed by atoms with E-state index in [0.29, 0.717) is 0 Å². The summed E-state index contributed by atoms with van der Waals surface area (Å²) in [5, 5.41) is 0. The van der Waals surface area contributed by atoms with E-state index in [2.05, 4.69) is 6.92 Å². The summed E-state index contributed by atoms with van der Waals surface area (Å²) in [7, 11) is 0. The molecule has 0 fully saturated rings. The minimum absolute atomic E-state index is 0.161. The standard InChI is InChI=1S/C16H16O/c1-12-13(2)15-11-9-7-5-3-4-6-8-10-14(12)16(15)17/h3-12H,1-2H3/b4-3+,7-5-,8-6-,11-9+,14-10+. The van der Waals surface area contributed by atoms with Crippen LogP contribution in [-0.4, -0.2) is 5.78 Å². The number of hydrogen-bond acceptors (Lipinski definition) is 1. The maximum Gasteiger partial charge on any atom is 0.189 e. The van der Waals surface area contributed by atoms with Gasteiger partial charge in [0.2, 0.25) is 0 Å². The zero-order valence-electron chi connectivity index (χ0n) is 10.2. The maximum absolute atomic E-state index is 12.2. The fourth-order valence-electron chi connectivity index (χ4n) is 2.06. The van der Waals surface area contributed by atoms with Gasteiger partial charge < -0.3 is 0 Å². The zero-order valence-corrected chi connectivity index (χ0v) is 10.2. The lowest BCUT2D eigenvalue weighted by Crippen LogP contribution is -2.01. The number of ketones is 1. The largest absolute Gasteiger partial charge is 0.289 e. The van der Waals surface area contributed by atoms with Crippen LogP contribution in [0, 0.1) is 5.92 Å². The lowest BCUT2D eigenvalue weighted by Gasteiger charge is -2.04. The van der Waals surface area contributed by atoms with Gasteiger partial charge in [-0.3, -0.25) is 4.79 Å². The van der Waals surface area contributed by atoms with E-state index in [1.54, 1.807) is 0 Å². The van der Waals surface area contributed by atoms with E-state index in [9.17, 15) is 4.79 Å². The van der Waals surface area contributed by atoms with Crippen LogP contribution in [0.1, 0.15) is 13.8 Å². The molecule has 2 bridgehead atoms. The lowest BCUT2D eigenvalue weighted by molar-refractivity contribution is -0.111. The van der Waals surface area contributed by atoms with Crippen LogP contribution in [0.4, 0.5) is 0 Å². The summed E-state index contributed by atoms with van der Waals surface area (Å²) >= 11 is 0. The first-order valence-electron chi connectivity index (χ1n) is 5.85. The van der Waals surface area contributed by atoms with Gasteiger partial charge in [0.15, 0.2) is 5.78 Å². The predicted octanol–water partition coefficient (Wildman–Crippen LogP) is 3.69. The molecule has 1 unspecified atom stereocenters. The number of Topliss-reactive ketones (excluding diaryl/α,β-unsaturated/α-hetero) is 1. The van der Waals surface area contributed by atoms with Crippen LogP contribution in [0.25, 0.3) is 0 Å². The first-order valence-corrected chi connectivity index (χ1v) is 5.85. The van der Waals surface area contributed by atoms with Crippen molar-refractivity contribution in [3.8, 4) is 0 Å². The number of fused-ring (bicyclic) bond motifs is 2. The molecule has 0 aliphatic heterocycles. The summed E-state index contributed by atoms with van der Waals surface area (Å²) in [4.78, 5) is 12.2. The highest BCUT2D eigenvalue weighted by atomic mass is 16.1. The van der Waals surface area contributed by atoms with Crippen molar-refractivity contribution in [3.05, 3.63) is 71.4 Å². The first kappa shape index (κ1) is 11.6. The second kappa shape index (κ2) is 4.96. The lowest BCUT2D eigenvalue weighted by atomic mass is 9.99. The van der Waals surface area contributed by atoms with Crippen LogP contribution in [0.3, 0.4) is 0 Å². The number of carbonyl (C=O) groups is 1. The monoisotopic (exact) mass is 224 g/mol. The number of carbonyl (C=O) groups excluding carboxylic acids is 1. The third kappa shape index (κ3) is 2.28. The summed E-state index contributed by atoms with van der Waals surface area (Å²) in [6.07, 6.45) is 17.4. The Labute approximate surface area is 102 Å². The number of hydrogen-bond donors (Lipinski definition) is 0. The Hall–Kier alpha value is -1.89. The van der Waals surface area contributed by atoms with Crippen molar-refractivity contribution in [1.29, 1.82) is 0 Å². The molecule has 17 heavy (non-hydrogen) atoms. The average molecular weight is 224 g/mol. The van der Waals surface area contributed by atoms with Gasteiger partial charge in [0, 0.05) is 17.1 Å². The van der Waals surface area contributed by atoms with Crippen LogP contribution in [0.15, 0.2) is 71.4 Å². The Morgan fingerprint density at radius 2 is 1.53 bits per heavy atom. The molecule has 0 amide bonds. The van der Waals surface area contributed by atoms with Crippen LogP contribution < -0.4 is 0 Å². The van der Waals surface area contributed by atoms with Gasteiger partial charge in [-0.05, 0) is 6.92 Å². The van der Waals surface area contributed by atoms with Crippen LogP contribution in [-0.2, 0) is 4.79 Å². The van der Waals surface area contributed by atoms with Gasteiger partial charge in [-0.15, -0.1) is 0 Å². The van der Waals surface area contributed by atoms with Crippen molar-refractivity contribution in [2.75, 3.05) is 0 Å². The highest BCUT2D eigenvalue weighted by Crippen LogP contribution is 2.34. The van der Waals surface area contributed by atoms with Gasteiger partial charge in [0.1, 0.15) is 0 Å². The van der Waals surface area contributed by atoms with Crippen molar-refractivity contribution < 1.29 is 4.79 Å². The smallest absolute Gasteiger partial charge is 0.189 e. The topological polar surface area (TPSA) is 17.1 Å². The maximum atomic E-state index is 12.2. The number of rotatable bonds is 0. The highest BCUT2D eigenvalue weighted by molar-refractivity contribution is 6.14. The minimum atomic E-state index is 0.161. The molecule has 2 rings (SSSR count). The van der Waals surface area contributed by atoms with E-state index in [-0.39, 0.29) is 11.7 Å². The Morgan fingerprint density at radius 1 is 0.941 bits per heavy atom. The Bertz CT molecular complexity index is 508. The molecule has 0 radical (unpaired) electrons. The summed E-state index contributed by atoms with van der Waals surface area (Å²) in [6, 6.07) is 0. The molecular formula is C16H16O. The normalized spacial score (nSPS) is 34.4. The van der Waals surface area contributed by atoms with Gasteiger partial charge in [-0.1, -0.05) is 67.2 Å². The van der Waals surface area contributed by atoms with Crippen molar-refractivity contribution in [3.63, 3.8) is 0 Å². The summed E-state index contributed by atoms with van der Waals surface area (Å²) in [6.45, 7) is 4.12. The van der Waals surface area contributed by atoms with Crippen molar-refractivity contribution in [2.24, 2.45) is 5.92 Å². The van der Waals surface area contributed by atoms with E-state index in [4.69, 9.17) is 0 Å². The summed E-state index contributed by atoms with van der Waals surface area (Å²) in [5.41, 5.74) is 2.88. The quantitative estimate of drug-likeness (QED) is 0.613. The van der Waals surface area contributed by atoms with Crippen LogP contribution in [0.2, 0.25) is 0 Å². The van der Waals surface area contributed by atoms with Gasteiger partial charge in [-0.2, -0.15) is 0 Å². The highest BCUT2D eigenvalue weighted by Gasteiger charge is 2.29. The fraction of sp³-hybridized carbons (Fsp3) is 0.188. The molecule has 0 saturated carbocycles. The predicted molar refractivity (Wildman–Crippen MR) is 71.5 cm³/mol. The summed E-state index contributed by atoms with van der Waals surface area (Å²) < 4.78 is 0. The zero-order chi connectivity index (χ0) is 12.3. The van der Waals surface area contributed by atoms with Gasteiger partial charge in [0.25, 0.3) is 0 Å². The third-order valence-electron chi connectivity index (χ3n) is 3.25. The molecule has 1 nitrogen and oxygen atoms in total. The summed E-state index contributed by atoms with van der Waals surface area (Å²) in [5.74, 6) is 0.384. The first-order chi connectivity index (χ1) is 8.22. The van der Waals surface area contributed by atoms with Crippen LogP contribution in [0.5, 0.6) is 0 Å². The SMILES string of the molecule is CC1=C2/C=C/C=C\C=C\C=C/C=C(/C2=O)C1C. The van der Waals surface area contributed by atoms with Crippen molar-refractivity contribution >= 4 is 5.78 Å². The Morgan fingerprint density at radius 3 is 2.24 bits per heavy atom. The molecule has 1 heteroatoms. The van der Waals surface area contributed by atoms with E-state index in [0.717, 1.165) is 16.7 Å². The fourth-order valence-corrected chi connectivity index (χ4v) is 2.06. The third-order valence-corrected chi connectivity index (χ3v) is 3.25. The molecule has 1 atom stereocenters. The van der Waals surface area contributed by atoms with E-state index in [1.807, 2.05) is 61.6 Å². The van der Waals surface area contributed by atoms with Gasteiger partial charge >= 0.3 is 0 Å². The Kier molecular flexibility index (Phi) is 3.38. The molecule has 0 aromatic carbocycles. The molecule has 0 aromatic rings.